The second kappa shape index (κ2) is 4.95. The molecule has 1 N–H and O–H groups in total. The molecule has 2 aromatic rings. The van der Waals surface area contributed by atoms with Gasteiger partial charge in [-0.2, -0.15) is 5.10 Å². The minimum atomic E-state index is 0.860. The largest absolute Gasteiger partial charge is 0.373 e. The zero-order chi connectivity index (χ0) is 12.3. The molecule has 0 aliphatic rings. The topological polar surface area (TPSA) is 55.6 Å². The van der Waals surface area contributed by atoms with Gasteiger partial charge in [0.1, 0.15) is 12.1 Å². The Morgan fingerprint density at radius 2 is 2.18 bits per heavy atom. The van der Waals surface area contributed by atoms with Crippen LogP contribution in [0.3, 0.4) is 0 Å². The SMILES string of the molecule is CCCc1c(NC)ncnc1-n1ccc(C)n1. The van der Waals surface area contributed by atoms with Gasteiger partial charge in [0, 0.05) is 18.8 Å². The highest BCUT2D eigenvalue weighted by Crippen LogP contribution is 2.19. The molecule has 0 bridgehead atoms. The van der Waals surface area contributed by atoms with Crippen LogP contribution in [-0.2, 0) is 6.42 Å². The van der Waals surface area contributed by atoms with Crippen LogP contribution >= 0.6 is 0 Å². The quantitative estimate of drug-likeness (QED) is 0.874. The summed E-state index contributed by atoms with van der Waals surface area (Å²) in [5.74, 6) is 1.74. The van der Waals surface area contributed by atoms with Crippen LogP contribution in [0, 0.1) is 6.92 Å². The van der Waals surface area contributed by atoms with Gasteiger partial charge in [-0.25, -0.2) is 14.6 Å². The predicted molar refractivity (Wildman–Crippen MR) is 67.4 cm³/mol. The van der Waals surface area contributed by atoms with E-state index >= 15 is 0 Å². The summed E-state index contributed by atoms with van der Waals surface area (Å²) in [6, 6.07) is 1.97. The van der Waals surface area contributed by atoms with Gasteiger partial charge in [0.05, 0.1) is 5.69 Å². The first-order valence-corrected chi connectivity index (χ1v) is 5.80. The van der Waals surface area contributed by atoms with E-state index in [9.17, 15) is 0 Å². The molecule has 0 saturated heterocycles. The van der Waals surface area contributed by atoms with Crippen LogP contribution in [0.15, 0.2) is 18.6 Å². The van der Waals surface area contributed by atoms with Crippen molar-refractivity contribution in [3.05, 3.63) is 29.8 Å². The summed E-state index contributed by atoms with van der Waals surface area (Å²) in [5, 5.41) is 7.50. The van der Waals surface area contributed by atoms with Gasteiger partial charge in [0.15, 0.2) is 5.82 Å². The Morgan fingerprint density at radius 1 is 1.35 bits per heavy atom. The molecule has 0 aliphatic heterocycles. The van der Waals surface area contributed by atoms with Crippen LogP contribution in [0.5, 0.6) is 0 Å². The Kier molecular flexibility index (Phi) is 3.37. The molecule has 0 amide bonds. The van der Waals surface area contributed by atoms with Gasteiger partial charge in [-0.1, -0.05) is 13.3 Å². The molecule has 5 nitrogen and oxygen atoms in total. The Bertz CT molecular complexity index is 503. The molecule has 90 valence electrons. The standard InChI is InChI=1S/C12H17N5/c1-4-5-10-11(13-3)14-8-15-12(10)17-7-6-9(2)16-17/h6-8H,4-5H2,1-3H3,(H,13,14,15). The van der Waals surface area contributed by atoms with Gasteiger partial charge in [-0.05, 0) is 19.4 Å². The molecular formula is C12H17N5. The van der Waals surface area contributed by atoms with Crippen LogP contribution in [0.1, 0.15) is 24.6 Å². The van der Waals surface area contributed by atoms with Crippen LogP contribution in [0.4, 0.5) is 5.82 Å². The van der Waals surface area contributed by atoms with E-state index in [0.717, 1.165) is 35.7 Å². The summed E-state index contributed by atoms with van der Waals surface area (Å²) in [5.41, 5.74) is 2.10. The molecule has 2 heterocycles. The number of anilines is 1. The van der Waals surface area contributed by atoms with Crippen LogP contribution < -0.4 is 5.32 Å². The average molecular weight is 231 g/mol. The highest BCUT2D eigenvalue weighted by Gasteiger charge is 2.11. The van der Waals surface area contributed by atoms with Gasteiger partial charge in [-0.15, -0.1) is 0 Å². The molecule has 0 spiro atoms. The van der Waals surface area contributed by atoms with Crippen LogP contribution in [0.2, 0.25) is 0 Å². The van der Waals surface area contributed by atoms with Crippen LogP contribution in [-0.4, -0.2) is 26.8 Å². The van der Waals surface area contributed by atoms with Crippen molar-refractivity contribution in [3.63, 3.8) is 0 Å². The third-order valence-electron chi connectivity index (χ3n) is 2.60. The molecule has 0 aliphatic carbocycles. The molecular weight excluding hydrogens is 214 g/mol. The number of aryl methyl sites for hydroxylation is 1. The van der Waals surface area contributed by atoms with Gasteiger partial charge in [-0.3, -0.25) is 0 Å². The Hall–Kier alpha value is -1.91. The Labute approximate surface area is 101 Å². The molecule has 0 unspecified atom stereocenters. The fourth-order valence-corrected chi connectivity index (χ4v) is 1.83. The van der Waals surface area contributed by atoms with Crippen molar-refractivity contribution < 1.29 is 0 Å². The van der Waals surface area contributed by atoms with Crippen molar-refractivity contribution in [3.8, 4) is 5.82 Å². The summed E-state index contributed by atoms with van der Waals surface area (Å²) >= 11 is 0. The summed E-state index contributed by atoms with van der Waals surface area (Å²) < 4.78 is 1.81. The predicted octanol–water partition coefficient (Wildman–Crippen LogP) is 1.96. The van der Waals surface area contributed by atoms with E-state index in [-0.39, 0.29) is 0 Å². The Morgan fingerprint density at radius 3 is 2.76 bits per heavy atom. The van der Waals surface area contributed by atoms with E-state index in [1.807, 2.05) is 30.9 Å². The second-order valence-corrected chi connectivity index (χ2v) is 3.93. The monoisotopic (exact) mass is 231 g/mol. The summed E-state index contributed by atoms with van der Waals surface area (Å²) in [4.78, 5) is 8.58. The first-order valence-electron chi connectivity index (χ1n) is 5.80. The van der Waals surface area contributed by atoms with E-state index in [4.69, 9.17) is 0 Å². The number of aromatic nitrogens is 4. The first-order chi connectivity index (χ1) is 8.26. The van der Waals surface area contributed by atoms with Crippen molar-refractivity contribution in [2.45, 2.75) is 26.7 Å². The highest BCUT2D eigenvalue weighted by atomic mass is 15.3. The molecule has 2 aromatic heterocycles. The third kappa shape index (κ3) is 2.27. The van der Waals surface area contributed by atoms with Crippen molar-refractivity contribution >= 4 is 5.82 Å². The molecule has 0 atom stereocenters. The first kappa shape index (κ1) is 11.6. The Balaban J connectivity index is 2.52. The van der Waals surface area contributed by atoms with Crippen molar-refractivity contribution in [2.75, 3.05) is 12.4 Å². The summed E-state index contributed by atoms with van der Waals surface area (Å²) in [7, 11) is 1.87. The average Bonchev–Trinajstić information content (AvgIpc) is 2.76. The van der Waals surface area contributed by atoms with Gasteiger partial charge < -0.3 is 5.32 Å². The molecule has 0 aromatic carbocycles. The van der Waals surface area contributed by atoms with Crippen molar-refractivity contribution in [1.29, 1.82) is 0 Å². The van der Waals surface area contributed by atoms with Crippen molar-refractivity contribution in [2.24, 2.45) is 0 Å². The van der Waals surface area contributed by atoms with Gasteiger partial charge >= 0.3 is 0 Å². The minimum absolute atomic E-state index is 0.860. The summed E-state index contributed by atoms with van der Waals surface area (Å²) in [6.07, 6.45) is 5.48. The number of hydrogen-bond acceptors (Lipinski definition) is 4. The van der Waals surface area contributed by atoms with E-state index in [1.54, 1.807) is 6.33 Å². The molecule has 5 heteroatoms. The maximum Gasteiger partial charge on any atom is 0.161 e. The van der Waals surface area contributed by atoms with E-state index in [1.165, 1.54) is 0 Å². The lowest BCUT2D eigenvalue weighted by Gasteiger charge is -2.11. The van der Waals surface area contributed by atoms with E-state index < -0.39 is 0 Å². The van der Waals surface area contributed by atoms with Crippen LogP contribution in [0.25, 0.3) is 5.82 Å². The lowest BCUT2D eigenvalue weighted by atomic mass is 10.1. The lowest BCUT2D eigenvalue weighted by Crippen LogP contribution is -2.08. The number of nitrogens with zero attached hydrogens (tertiary/aromatic N) is 4. The zero-order valence-corrected chi connectivity index (χ0v) is 10.4. The maximum atomic E-state index is 4.40. The molecule has 0 radical (unpaired) electrons. The fourth-order valence-electron chi connectivity index (χ4n) is 1.83. The molecule has 0 fully saturated rings. The fraction of sp³-hybridized carbons (Fsp3) is 0.417. The number of nitrogens with one attached hydrogen (secondary N) is 1. The molecule has 0 saturated carbocycles. The number of rotatable bonds is 4. The van der Waals surface area contributed by atoms with Gasteiger partial charge in [0.25, 0.3) is 0 Å². The third-order valence-corrected chi connectivity index (χ3v) is 2.60. The minimum Gasteiger partial charge on any atom is -0.373 e. The highest BCUT2D eigenvalue weighted by molar-refractivity contribution is 5.51. The van der Waals surface area contributed by atoms with E-state index in [0.29, 0.717) is 0 Å². The van der Waals surface area contributed by atoms with Gasteiger partial charge in [0.2, 0.25) is 0 Å². The number of hydrogen-bond donors (Lipinski definition) is 1. The molecule has 17 heavy (non-hydrogen) atoms. The van der Waals surface area contributed by atoms with Crippen molar-refractivity contribution in [1.82, 2.24) is 19.7 Å². The second-order valence-electron chi connectivity index (χ2n) is 3.93. The summed E-state index contributed by atoms with van der Waals surface area (Å²) in [6.45, 7) is 4.11. The smallest absolute Gasteiger partial charge is 0.161 e. The normalized spacial score (nSPS) is 10.5. The zero-order valence-electron chi connectivity index (χ0n) is 10.4. The maximum absolute atomic E-state index is 4.40. The van der Waals surface area contributed by atoms with E-state index in [2.05, 4.69) is 27.3 Å². The lowest BCUT2D eigenvalue weighted by molar-refractivity contribution is 0.792. The molecule has 2 rings (SSSR count).